The molecule has 1 heterocycles. The largest absolute Gasteiger partial charge is 0.356 e. The van der Waals surface area contributed by atoms with E-state index >= 15 is 0 Å². The monoisotopic (exact) mass is 336 g/mol. The molecule has 0 atom stereocenters. The molecule has 0 unspecified atom stereocenters. The maximum absolute atomic E-state index is 4.41. The molecule has 0 aromatic rings. The Kier molecular flexibility index (Phi) is 7.86. The van der Waals surface area contributed by atoms with Gasteiger partial charge in [-0.05, 0) is 43.9 Å². The number of guanidine groups is 1. The zero-order valence-corrected chi connectivity index (χ0v) is 16.5. The van der Waals surface area contributed by atoms with Crippen LogP contribution in [0.3, 0.4) is 0 Å². The van der Waals surface area contributed by atoms with Gasteiger partial charge in [0.15, 0.2) is 5.96 Å². The molecular weight excluding hydrogens is 296 g/mol. The van der Waals surface area contributed by atoms with E-state index in [0.29, 0.717) is 11.5 Å². The van der Waals surface area contributed by atoms with Crippen LogP contribution in [-0.4, -0.2) is 49.6 Å². The van der Waals surface area contributed by atoms with E-state index < -0.39 is 0 Å². The number of hydrogen-bond acceptors (Lipinski definition) is 2. The molecule has 4 heteroatoms. The molecule has 0 amide bonds. The average Bonchev–Trinajstić information content (AvgIpc) is 2.58. The predicted molar refractivity (Wildman–Crippen MR) is 105 cm³/mol. The Morgan fingerprint density at radius 3 is 2.29 bits per heavy atom. The van der Waals surface area contributed by atoms with Crippen molar-refractivity contribution < 1.29 is 0 Å². The van der Waals surface area contributed by atoms with Crippen LogP contribution in [0.1, 0.15) is 78.6 Å². The van der Waals surface area contributed by atoms with E-state index in [4.69, 9.17) is 0 Å². The molecule has 1 aliphatic carbocycles. The Balaban J connectivity index is 1.64. The van der Waals surface area contributed by atoms with Crippen LogP contribution < -0.4 is 10.6 Å². The zero-order chi connectivity index (χ0) is 17.4. The Morgan fingerprint density at radius 2 is 1.71 bits per heavy atom. The Morgan fingerprint density at radius 1 is 1.04 bits per heavy atom. The molecular formula is C20H40N4. The van der Waals surface area contributed by atoms with Crippen LogP contribution in [0.25, 0.3) is 0 Å². The van der Waals surface area contributed by atoms with Gasteiger partial charge in [-0.2, -0.15) is 0 Å². The maximum Gasteiger partial charge on any atom is 0.191 e. The molecule has 1 aliphatic heterocycles. The van der Waals surface area contributed by atoms with E-state index in [1.165, 1.54) is 70.9 Å². The van der Waals surface area contributed by atoms with Crippen LogP contribution in [0.2, 0.25) is 0 Å². The number of nitrogens with one attached hydrogen (secondary N) is 2. The fourth-order valence-electron chi connectivity index (χ4n) is 4.07. The highest BCUT2D eigenvalue weighted by Crippen LogP contribution is 2.25. The second kappa shape index (κ2) is 9.65. The van der Waals surface area contributed by atoms with Gasteiger partial charge in [-0.15, -0.1) is 0 Å². The van der Waals surface area contributed by atoms with Crippen LogP contribution in [0.4, 0.5) is 0 Å². The molecule has 2 aliphatic rings. The van der Waals surface area contributed by atoms with Gasteiger partial charge in [-0.25, -0.2) is 0 Å². The summed E-state index contributed by atoms with van der Waals surface area (Å²) < 4.78 is 0. The number of rotatable bonds is 5. The minimum absolute atomic E-state index is 0.421. The predicted octanol–water partition coefficient (Wildman–Crippen LogP) is 3.77. The smallest absolute Gasteiger partial charge is 0.191 e. The van der Waals surface area contributed by atoms with Gasteiger partial charge in [-0.1, -0.05) is 40.0 Å². The van der Waals surface area contributed by atoms with Gasteiger partial charge >= 0.3 is 0 Å². The van der Waals surface area contributed by atoms with Crippen LogP contribution in [0, 0.1) is 5.41 Å². The molecule has 0 spiro atoms. The lowest BCUT2D eigenvalue weighted by Gasteiger charge is -2.39. The van der Waals surface area contributed by atoms with Crippen LogP contribution in [0.15, 0.2) is 4.99 Å². The number of likely N-dealkylation sites (tertiary alicyclic amines) is 1. The van der Waals surface area contributed by atoms with E-state index in [0.717, 1.165) is 18.5 Å². The number of aliphatic imine (C=N–C) groups is 1. The maximum atomic E-state index is 4.41. The normalized spacial score (nSPS) is 22.6. The highest BCUT2D eigenvalue weighted by molar-refractivity contribution is 5.79. The van der Waals surface area contributed by atoms with Crippen molar-refractivity contribution in [2.24, 2.45) is 10.4 Å². The van der Waals surface area contributed by atoms with Crippen molar-refractivity contribution in [3.05, 3.63) is 0 Å². The third-order valence-electron chi connectivity index (χ3n) is 5.58. The molecule has 0 radical (unpaired) electrons. The topological polar surface area (TPSA) is 39.7 Å². The number of piperidine rings is 1. The number of hydrogen-bond donors (Lipinski definition) is 2. The summed E-state index contributed by atoms with van der Waals surface area (Å²) in [6.45, 7) is 10.4. The molecule has 1 saturated heterocycles. The average molecular weight is 337 g/mol. The van der Waals surface area contributed by atoms with Gasteiger partial charge in [0.25, 0.3) is 0 Å². The lowest BCUT2D eigenvalue weighted by molar-refractivity contribution is 0.119. The lowest BCUT2D eigenvalue weighted by Crippen LogP contribution is -2.51. The first-order valence-corrected chi connectivity index (χ1v) is 10.2. The Labute approximate surface area is 149 Å². The summed E-state index contributed by atoms with van der Waals surface area (Å²) in [4.78, 5) is 7.15. The summed E-state index contributed by atoms with van der Waals surface area (Å²) in [5.74, 6) is 0.986. The van der Waals surface area contributed by atoms with Crippen molar-refractivity contribution in [1.29, 1.82) is 0 Å². The molecule has 2 N–H and O–H groups in total. The van der Waals surface area contributed by atoms with E-state index in [9.17, 15) is 0 Å². The standard InChI is InChI=1S/C20H40N4/c1-20(2,3)13-8-14-22-19(21-4)23-17-11-15-24(16-12-17)18-9-6-5-7-10-18/h17-18H,5-16H2,1-4H3,(H2,21,22,23). The second-order valence-electron chi connectivity index (χ2n) is 8.91. The highest BCUT2D eigenvalue weighted by atomic mass is 15.2. The fraction of sp³-hybridized carbons (Fsp3) is 0.950. The second-order valence-corrected chi connectivity index (χ2v) is 8.91. The summed E-state index contributed by atoms with van der Waals surface area (Å²) in [5.41, 5.74) is 0.421. The molecule has 140 valence electrons. The highest BCUT2D eigenvalue weighted by Gasteiger charge is 2.26. The van der Waals surface area contributed by atoms with Crippen molar-refractivity contribution in [3.63, 3.8) is 0 Å². The van der Waals surface area contributed by atoms with Crippen LogP contribution in [0.5, 0.6) is 0 Å². The zero-order valence-electron chi connectivity index (χ0n) is 16.5. The van der Waals surface area contributed by atoms with E-state index in [1.807, 2.05) is 7.05 Å². The Bertz CT molecular complexity index is 372. The minimum atomic E-state index is 0.421. The third-order valence-corrected chi connectivity index (χ3v) is 5.58. The van der Waals surface area contributed by atoms with Crippen LogP contribution >= 0.6 is 0 Å². The molecule has 1 saturated carbocycles. The van der Waals surface area contributed by atoms with Crippen molar-refractivity contribution >= 4 is 5.96 Å². The lowest BCUT2D eigenvalue weighted by atomic mass is 9.91. The van der Waals surface area contributed by atoms with Gasteiger partial charge < -0.3 is 15.5 Å². The molecule has 2 fully saturated rings. The summed E-state index contributed by atoms with van der Waals surface area (Å²) in [6.07, 6.45) is 12.1. The first-order chi connectivity index (χ1) is 11.5. The molecule has 2 rings (SSSR count). The van der Waals surface area contributed by atoms with Gasteiger partial charge in [0.1, 0.15) is 0 Å². The molecule has 4 nitrogen and oxygen atoms in total. The van der Waals surface area contributed by atoms with Gasteiger partial charge in [0, 0.05) is 38.8 Å². The first kappa shape index (κ1) is 19.6. The molecule has 0 aromatic heterocycles. The Hall–Kier alpha value is -0.770. The van der Waals surface area contributed by atoms with E-state index in [-0.39, 0.29) is 0 Å². The van der Waals surface area contributed by atoms with Crippen molar-refractivity contribution in [2.75, 3.05) is 26.7 Å². The van der Waals surface area contributed by atoms with Crippen LogP contribution in [-0.2, 0) is 0 Å². The summed E-state index contributed by atoms with van der Waals surface area (Å²) in [6, 6.07) is 1.45. The van der Waals surface area contributed by atoms with Crippen molar-refractivity contribution in [1.82, 2.24) is 15.5 Å². The summed E-state index contributed by atoms with van der Waals surface area (Å²) in [7, 11) is 1.89. The fourth-order valence-corrected chi connectivity index (χ4v) is 4.07. The SMILES string of the molecule is CN=C(NCCCC(C)(C)C)NC1CCN(C2CCCCC2)CC1. The van der Waals surface area contributed by atoms with Crippen molar-refractivity contribution in [2.45, 2.75) is 90.6 Å². The van der Waals surface area contributed by atoms with Gasteiger partial charge in [-0.3, -0.25) is 4.99 Å². The van der Waals surface area contributed by atoms with E-state index in [2.05, 4.69) is 41.3 Å². The summed E-state index contributed by atoms with van der Waals surface area (Å²) >= 11 is 0. The quantitative estimate of drug-likeness (QED) is 0.456. The third kappa shape index (κ3) is 7.00. The molecule has 24 heavy (non-hydrogen) atoms. The molecule has 0 bridgehead atoms. The minimum Gasteiger partial charge on any atom is -0.356 e. The summed E-state index contributed by atoms with van der Waals surface area (Å²) in [5, 5.41) is 7.13. The first-order valence-electron chi connectivity index (χ1n) is 10.2. The van der Waals surface area contributed by atoms with Gasteiger partial charge in [0.2, 0.25) is 0 Å². The van der Waals surface area contributed by atoms with E-state index in [1.54, 1.807) is 0 Å². The molecule has 0 aromatic carbocycles. The van der Waals surface area contributed by atoms with Crippen molar-refractivity contribution in [3.8, 4) is 0 Å². The number of nitrogens with zero attached hydrogens (tertiary/aromatic N) is 2. The van der Waals surface area contributed by atoms with Gasteiger partial charge in [0.05, 0.1) is 0 Å².